The van der Waals surface area contributed by atoms with Crippen molar-refractivity contribution in [1.29, 1.82) is 0 Å². The highest BCUT2D eigenvalue weighted by Crippen LogP contribution is 2.43. The first-order chi connectivity index (χ1) is 13.3. The molecule has 2 aromatic heterocycles. The zero-order chi connectivity index (χ0) is 19.8. The van der Waals surface area contributed by atoms with E-state index < -0.39 is 23.0 Å². The van der Waals surface area contributed by atoms with Crippen molar-refractivity contribution in [2.75, 3.05) is 5.32 Å². The first-order valence-corrected chi connectivity index (χ1v) is 9.53. The molecular weight excluding hydrogens is 482 g/mol. The van der Waals surface area contributed by atoms with Gasteiger partial charge in [-0.1, -0.05) is 0 Å². The third-order valence-electron chi connectivity index (χ3n) is 4.96. The van der Waals surface area contributed by atoms with Crippen molar-refractivity contribution in [2.24, 2.45) is 0 Å². The molecule has 3 heterocycles. The average Bonchev–Trinajstić information content (AvgIpc) is 3.22. The molecule has 0 aliphatic carbocycles. The van der Waals surface area contributed by atoms with Gasteiger partial charge in [-0.05, 0) is 48.6 Å². The van der Waals surface area contributed by atoms with Crippen LogP contribution in [-0.4, -0.2) is 19.7 Å². The Morgan fingerprint density at radius 3 is 2.71 bits per heavy atom. The van der Waals surface area contributed by atoms with E-state index in [0.717, 1.165) is 9.64 Å². The lowest BCUT2D eigenvalue weighted by atomic mass is 9.96. The summed E-state index contributed by atoms with van der Waals surface area (Å²) >= 11 is 2.05. The Balaban J connectivity index is 1.86. The van der Waals surface area contributed by atoms with E-state index in [4.69, 9.17) is 0 Å². The molecule has 0 amide bonds. The highest BCUT2D eigenvalue weighted by molar-refractivity contribution is 14.1. The lowest BCUT2D eigenvalue weighted by molar-refractivity contribution is 0.518. The number of nitrogens with one attached hydrogen (secondary N) is 2. The van der Waals surface area contributed by atoms with Crippen LogP contribution in [0.5, 0.6) is 0 Å². The summed E-state index contributed by atoms with van der Waals surface area (Å²) in [7, 11) is 0. The number of aromatic nitrogens is 4. The van der Waals surface area contributed by atoms with Gasteiger partial charge in [-0.2, -0.15) is 0 Å². The van der Waals surface area contributed by atoms with Crippen molar-refractivity contribution in [2.45, 2.75) is 19.4 Å². The number of hydrogen-bond acceptors (Lipinski definition) is 3. The molecular formula is C19H13F3IN5. The molecule has 5 nitrogen and oxygen atoms in total. The Kier molecular flexibility index (Phi) is 3.58. The first-order valence-electron chi connectivity index (χ1n) is 8.45. The van der Waals surface area contributed by atoms with Crippen LogP contribution in [0.4, 0.5) is 18.9 Å². The maximum absolute atomic E-state index is 15.7. The molecule has 0 bridgehead atoms. The number of H-pyrrole nitrogens is 1. The summed E-state index contributed by atoms with van der Waals surface area (Å²) in [4.78, 5) is 2.99. The second kappa shape index (κ2) is 5.72. The summed E-state index contributed by atoms with van der Waals surface area (Å²) < 4.78 is 47.3. The predicted molar refractivity (Wildman–Crippen MR) is 108 cm³/mol. The second-order valence-corrected chi connectivity index (χ2v) is 8.39. The Bertz CT molecular complexity index is 1270. The third-order valence-corrected chi connectivity index (χ3v) is 5.85. The van der Waals surface area contributed by atoms with E-state index in [0.29, 0.717) is 16.7 Å². The predicted octanol–water partition coefficient (Wildman–Crippen LogP) is 5.10. The van der Waals surface area contributed by atoms with Crippen molar-refractivity contribution in [3.8, 4) is 16.8 Å². The minimum Gasteiger partial charge on any atom is -0.371 e. The van der Waals surface area contributed by atoms with Crippen LogP contribution >= 0.6 is 22.6 Å². The summed E-state index contributed by atoms with van der Waals surface area (Å²) in [5.41, 5.74) is 0.0135. The van der Waals surface area contributed by atoms with Gasteiger partial charge in [0, 0.05) is 26.8 Å². The van der Waals surface area contributed by atoms with Crippen LogP contribution in [0.1, 0.15) is 19.7 Å². The maximum Gasteiger partial charge on any atom is 0.162 e. The number of hydrogen-bond donors (Lipinski definition) is 2. The number of rotatable bonds is 1. The SMILES string of the molecule is CC1(C)Nc2cc(F)c(-c3cc(F)cc4c(I)c[nH]c34)c(F)c2-n2cnnc21. The van der Waals surface area contributed by atoms with Crippen LogP contribution < -0.4 is 5.32 Å². The van der Waals surface area contributed by atoms with Gasteiger partial charge in [0.05, 0.1) is 22.3 Å². The van der Waals surface area contributed by atoms with Crippen molar-refractivity contribution in [3.05, 3.63) is 57.6 Å². The van der Waals surface area contributed by atoms with Crippen LogP contribution in [0.2, 0.25) is 0 Å². The largest absolute Gasteiger partial charge is 0.371 e. The van der Waals surface area contributed by atoms with E-state index in [9.17, 15) is 4.39 Å². The van der Waals surface area contributed by atoms with E-state index in [2.05, 4.69) is 20.5 Å². The zero-order valence-corrected chi connectivity index (χ0v) is 16.9. The average molecular weight is 495 g/mol. The summed E-state index contributed by atoms with van der Waals surface area (Å²) in [5, 5.41) is 11.6. The lowest BCUT2D eigenvalue weighted by Gasteiger charge is -2.33. The van der Waals surface area contributed by atoms with Crippen molar-refractivity contribution in [3.63, 3.8) is 0 Å². The molecule has 142 valence electrons. The topological polar surface area (TPSA) is 58.5 Å². The number of fused-ring (bicyclic) bond motifs is 4. The molecule has 2 N–H and O–H groups in total. The van der Waals surface area contributed by atoms with E-state index in [1.807, 2.05) is 36.4 Å². The monoisotopic (exact) mass is 495 g/mol. The van der Waals surface area contributed by atoms with Gasteiger partial charge in [0.2, 0.25) is 0 Å². The molecule has 0 unspecified atom stereocenters. The molecule has 0 fully saturated rings. The molecule has 5 rings (SSSR count). The highest BCUT2D eigenvalue weighted by Gasteiger charge is 2.36. The quantitative estimate of drug-likeness (QED) is 0.362. The molecule has 9 heteroatoms. The van der Waals surface area contributed by atoms with Gasteiger partial charge in [0.1, 0.15) is 23.6 Å². The Hall–Kier alpha value is -2.56. The molecule has 2 aromatic carbocycles. The number of nitrogens with zero attached hydrogens (tertiary/aromatic N) is 3. The lowest BCUT2D eigenvalue weighted by Crippen LogP contribution is -2.36. The second-order valence-electron chi connectivity index (χ2n) is 7.23. The van der Waals surface area contributed by atoms with E-state index in [1.165, 1.54) is 23.0 Å². The van der Waals surface area contributed by atoms with E-state index >= 15 is 8.78 Å². The summed E-state index contributed by atoms with van der Waals surface area (Å²) in [6.45, 7) is 3.69. The number of aromatic amines is 1. The highest BCUT2D eigenvalue weighted by atomic mass is 127. The number of anilines is 1. The Labute approximate surface area is 171 Å². The smallest absolute Gasteiger partial charge is 0.162 e. The number of benzene rings is 2. The molecule has 28 heavy (non-hydrogen) atoms. The molecule has 0 radical (unpaired) electrons. The minimum atomic E-state index is -0.810. The fourth-order valence-corrected chi connectivity index (χ4v) is 4.35. The van der Waals surface area contributed by atoms with Crippen molar-refractivity contribution in [1.82, 2.24) is 19.7 Å². The normalized spacial score (nSPS) is 14.6. The Morgan fingerprint density at radius 2 is 1.93 bits per heavy atom. The van der Waals surface area contributed by atoms with E-state index in [-0.39, 0.29) is 22.5 Å². The van der Waals surface area contributed by atoms with Gasteiger partial charge in [-0.15, -0.1) is 10.2 Å². The third kappa shape index (κ3) is 2.31. The van der Waals surface area contributed by atoms with Crippen molar-refractivity contribution < 1.29 is 13.2 Å². The van der Waals surface area contributed by atoms with Gasteiger partial charge in [-0.25, -0.2) is 13.2 Å². The van der Waals surface area contributed by atoms with Crippen LogP contribution in [0.15, 0.2) is 30.7 Å². The van der Waals surface area contributed by atoms with Gasteiger partial charge in [0.15, 0.2) is 11.6 Å². The van der Waals surface area contributed by atoms with Crippen LogP contribution in [-0.2, 0) is 5.54 Å². The summed E-state index contributed by atoms with van der Waals surface area (Å²) in [6.07, 6.45) is 3.06. The van der Waals surface area contributed by atoms with Crippen LogP contribution in [0.3, 0.4) is 0 Å². The van der Waals surface area contributed by atoms with E-state index in [1.54, 1.807) is 6.20 Å². The van der Waals surface area contributed by atoms with Gasteiger partial charge >= 0.3 is 0 Å². The maximum atomic E-state index is 15.7. The molecule has 4 aromatic rings. The molecule has 1 aliphatic rings. The summed E-state index contributed by atoms with van der Waals surface area (Å²) in [6, 6.07) is 3.70. The van der Waals surface area contributed by atoms with Gasteiger partial charge < -0.3 is 10.3 Å². The number of halogens is 4. The van der Waals surface area contributed by atoms with Gasteiger partial charge in [0.25, 0.3) is 0 Å². The fraction of sp³-hybridized carbons (Fsp3) is 0.158. The standard InChI is InChI=1S/C19H13F3IN5/c1-19(2)18-27-25-7-28(18)17-13(26-19)5-11(21)14(15(17)22)10-4-8(20)3-9-12(23)6-24-16(9)10/h3-7,24,26H,1-2H3. The first kappa shape index (κ1) is 17.5. The van der Waals surface area contributed by atoms with Crippen LogP contribution in [0.25, 0.3) is 27.7 Å². The Morgan fingerprint density at radius 1 is 1.14 bits per heavy atom. The van der Waals surface area contributed by atoms with Crippen LogP contribution in [0, 0.1) is 21.0 Å². The molecule has 1 aliphatic heterocycles. The minimum absolute atomic E-state index is 0.106. The molecule has 0 saturated heterocycles. The fourth-order valence-electron chi connectivity index (χ4n) is 3.76. The van der Waals surface area contributed by atoms with Crippen molar-refractivity contribution >= 4 is 39.2 Å². The molecule has 0 saturated carbocycles. The van der Waals surface area contributed by atoms with Gasteiger partial charge in [-0.3, -0.25) is 4.57 Å². The molecule has 0 atom stereocenters. The summed E-state index contributed by atoms with van der Waals surface area (Å²) in [5.74, 6) is -1.67. The molecule has 0 spiro atoms. The zero-order valence-electron chi connectivity index (χ0n) is 14.7.